The molecule has 0 unspecified atom stereocenters. The number of fused-ring (bicyclic) bond motifs is 1. The second kappa shape index (κ2) is 4.95. The van der Waals surface area contributed by atoms with E-state index in [4.69, 9.17) is 0 Å². The van der Waals surface area contributed by atoms with Gasteiger partial charge in [-0.3, -0.25) is 4.68 Å². The maximum Gasteiger partial charge on any atom is 0.246 e. The number of aromatic nitrogens is 4. The van der Waals surface area contributed by atoms with Gasteiger partial charge in [0.05, 0.1) is 18.4 Å². The Morgan fingerprint density at radius 1 is 1.35 bits per heavy atom. The van der Waals surface area contributed by atoms with E-state index in [-0.39, 0.29) is 11.4 Å². The van der Waals surface area contributed by atoms with Gasteiger partial charge < -0.3 is 0 Å². The third-order valence-corrected chi connectivity index (χ3v) is 5.21. The molecule has 1 aliphatic rings. The number of nitrogens with zero attached hydrogens (tertiary/aromatic N) is 5. The predicted molar refractivity (Wildman–Crippen MR) is 71.2 cm³/mol. The van der Waals surface area contributed by atoms with Gasteiger partial charge in [-0.25, -0.2) is 18.4 Å². The lowest BCUT2D eigenvalue weighted by atomic mass is 10.1. The summed E-state index contributed by atoms with van der Waals surface area (Å²) >= 11 is 0. The average Bonchev–Trinajstić information content (AvgIpc) is 2.96. The summed E-state index contributed by atoms with van der Waals surface area (Å²) in [4.78, 5) is 8.36. The van der Waals surface area contributed by atoms with E-state index in [9.17, 15) is 8.42 Å². The lowest BCUT2D eigenvalue weighted by Crippen LogP contribution is -2.36. The molecule has 0 aromatic carbocycles. The monoisotopic (exact) mass is 293 g/mol. The van der Waals surface area contributed by atoms with Crippen molar-refractivity contribution in [2.24, 2.45) is 0 Å². The molecule has 0 atom stereocenters. The molecule has 0 bridgehead atoms. The summed E-state index contributed by atoms with van der Waals surface area (Å²) in [6.07, 6.45) is 6.79. The highest BCUT2D eigenvalue weighted by molar-refractivity contribution is 7.89. The third kappa shape index (κ3) is 2.20. The highest BCUT2D eigenvalue weighted by Crippen LogP contribution is 2.22. The first-order chi connectivity index (χ1) is 9.61. The fraction of sp³-hybridized carbons (Fsp3) is 0.417. The van der Waals surface area contributed by atoms with Crippen molar-refractivity contribution in [3.8, 4) is 0 Å². The molecule has 0 aliphatic carbocycles. The lowest BCUT2D eigenvalue weighted by Gasteiger charge is -2.26. The molecule has 7 nitrogen and oxygen atoms in total. The largest absolute Gasteiger partial charge is 0.272 e. The van der Waals surface area contributed by atoms with Crippen LogP contribution < -0.4 is 0 Å². The first-order valence-electron chi connectivity index (χ1n) is 6.41. The van der Waals surface area contributed by atoms with Crippen LogP contribution in [-0.4, -0.2) is 39.0 Å². The van der Waals surface area contributed by atoms with Gasteiger partial charge in [0.25, 0.3) is 0 Å². The first-order valence-corrected chi connectivity index (χ1v) is 7.85. The van der Waals surface area contributed by atoms with Gasteiger partial charge >= 0.3 is 0 Å². The predicted octanol–water partition coefficient (Wildman–Crippen LogP) is 0.440. The average molecular weight is 293 g/mol. The fourth-order valence-corrected chi connectivity index (χ4v) is 3.59. The molecule has 0 spiro atoms. The zero-order valence-electron chi connectivity index (χ0n) is 11.1. The Morgan fingerprint density at radius 3 is 2.95 bits per heavy atom. The Bertz CT molecular complexity index is 725. The first kappa shape index (κ1) is 13.2. The van der Waals surface area contributed by atoms with Crippen LogP contribution in [0.15, 0.2) is 29.8 Å². The van der Waals surface area contributed by atoms with Gasteiger partial charge in [-0.05, 0) is 18.9 Å². The lowest BCUT2D eigenvalue weighted by molar-refractivity contribution is 0.384. The van der Waals surface area contributed by atoms with Crippen molar-refractivity contribution < 1.29 is 8.42 Å². The molecule has 1 aliphatic heterocycles. The van der Waals surface area contributed by atoms with Crippen LogP contribution in [0.1, 0.15) is 18.2 Å². The van der Waals surface area contributed by atoms with Gasteiger partial charge in [0, 0.05) is 25.5 Å². The van der Waals surface area contributed by atoms with Crippen molar-refractivity contribution in [2.75, 3.05) is 6.54 Å². The van der Waals surface area contributed by atoms with E-state index in [0.29, 0.717) is 19.5 Å². The van der Waals surface area contributed by atoms with Crippen molar-refractivity contribution >= 4 is 10.0 Å². The summed E-state index contributed by atoms with van der Waals surface area (Å²) < 4.78 is 28.2. The number of sulfonamides is 1. The van der Waals surface area contributed by atoms with Crippen molar-refractivity contribution in [1.82, 2.24) is 24.1 Å². The molecule has 2 aromatic heterocycles. The Kier molecular flexibility index (Phi) is 3.27. The van der Waals surface area contributed by atoms with Crippen molar-refractivity contribution in [1.29, 1.82) is 0 Å². The molecule has 0 saturated carbocycles. The summed E-state index contributed by atoms with van der Waals surface area (Å²) in [7, 11) is -3.50. The fourth-order valence-electron chi connectivity index (χ4n) is 2.23. The van der Waals surface area contributed by atoms with Crippen LogP contribution in [0.2, 0.25) is 0 Å². The molecule has 8 heteroatoms. The molecule has 3 heterocycles. The molecular formula is C12H15N5O2S. The maximum atomic E-state index is 12.6. The Hall–Kier alpha value is -1.80. The summed E-state index contributed by atoms with van der Waals surface area (Å²) in [5, 5.41) is 4.03. The molecule has 0 saturated heterocycles. The minimum absolute atomic E-state index is 0.233. The zero-order chi connectivity index (χ0) is 14.2. The number of rotatable bonds is 3. The van der Waals surface area contributed by atoms with Crippen LogP contribution in [0.5, 0.6) is 0 Å². The molecule has 106 valence electrons. The Balaban J connectivity index is 1.90. The van der Waals surface area contributed by atoms with Crippen LogP contribution in [0.25, 0.3) is 0 Å². The minimum atomic E-state index is -3.50. The van der Waals surface area contributed by atoms with Crippen LogP contribution in [0, 0.1) is 0 Å². The van der Waals surface area contributed by atoms with Crippen LogP contribution in [0.4, 0.5) is 0 Å². The smallest absolute Gasteiger partial charge is 0.246 e. The van der Waals surface area contributed by atoms with E-state index in [1.165, 1.54) is 16.8 Å². The van der Waals surface area contributed by atoms with Gasteiger partial charge in [0.1, 0.15) is 11.2 Å². The molecule has 20 heavy (non-hydrogen) atoms. The minimum Gasteiger partial charge on any atom is -0.272 e. The highest BCUT2D eigenvalue weighted by Gasteiger charge is 2.29. The summed E-state index contributed by atoms with van der Waals surface area (Å²) in [5.74, 6) is 0. The molecule has 0 N–H and O–H groups in total. The second-order valence-electron chi connectivity index (χ2n) is 4.61. The molecular weight excluding hydrogens is 278 g/mol. The summed E-state index contributed by atoms with van der Waals surface area (Å²) in [6.45, 7) is 3.29. The highest BCUT2D eigenvalue weighted by atomic mass is 32.2. The Morgan fingerprint density at radius 2 is 2.20 bits per heavy atom. The van der Waals surface area contributed by atoms with Crippen molar-refractivity contribution in [3.63, 3.8) is 0 Å². The number of hydrogen-bond acceptors (Lipinski definition) is 5. The van der Waals surface area contributed by atoms with E-state index in [0.717, 1.165) is 11.3 Å². The normalized spacial score (nSPS) is 16.1. The maximum absolute atomic E-state index is 12.6. The van der Waals surface area contributed by atoms with E-state index in [1.54, 1.807) is 17.1 Å². The van der Waals surface area contributed by atoms with Crippen LogP contribution in [0.3, 0.4) is 0 Å². The summed E-state index contributed by atoms with van der Waals surface area (Å²) in [6, 6.07) is 0. The number of hydrogen-bond donors (Lipinski definition) is 0. The molecule has 0 amide bonds. The van der Waals surface area contributed by atoms with Crippen LogP contribution >= 0.6 is 0 Å². The van der Waals surface area contributed by atoms with Gasteiger partial charge in [-0.1, -0.05) is 0 Å². The van der Waals surface area contributed by atoms with Crippen molar-refractivity contribution in [2.45, 2.75) is 31.3 Å². The standard InChI is InChI=1S/C12H15N5O2S/c1-2-16-7-11(6-15-16)20(18,19)17-4-3-10-5-13-9-14-12(10)8-17/h5-7,9H,2-4,8H2,1H3. The van der Waals surface area contributed by atoms with E-state index in [2.05, 4.69) is 15.1 Å². The molecule has 0 radical (unpaired) electrons. The van der Waals surface area contributed by atoms with E-state index in [1.807, 2.05) is 6.92 Å². The number of aryl methyl sites for hydroxylation is 1. The molecule has 2 aromatic rings. The van der Waals surface area contributed by atoms with Gasteiger partial charge in [0.2, 0.25) is 10.0 Å². The van der Waals surface area contributed by atoms with Gasteiger partial charge in [0.15, 0.2) is 0 Å². The molecule has 3 rings (SSSR count). The second-order valence-corrected chi connectivity index (χ2v) is 6.55. The van der Waals surface area contributed by atoms with Gasteiger partial charge in [-0.2, -0.15) is 9.40 Å². The Labute approximate surface area is 117 Å². The SMILES string of the molecule is CCn1cc(S(=O)(=O)N2CCc3cncnc3C2)cn1. The van der Waals surface area contributed by atoms with Gasteiger partial charge in [-0.15, -0.1) is 0 Å². The van der Waals surface area contributed by atoms with Crippen LogP contribution in [-0.2, 0) is 29.5 Å². The quantitative estimate of drug-likeness (QED) is 0.820. The zero-order valence-corrected chi connectivity index (χ0v) is 11.9. The van der Waals surface area contributed by atoms with E-state index < -0.39 is 10.0 Å². The van der Waals surface area contributed by atoms with Crippen molar-refractivity contribution in [3.05, 3.63) is 36.2 Å². The summed E-state index contributed by atoms with van der Waals surface area (Å²) in [5.41, 5.74) is 1.79. The topological polar surface area (TPSA) is 81.0 Å². The third-order valence-electron chi connectivity index (χ3n) is 3.41. The molecule has 0 fully saturated rings. The van der Waals surface area contributed by atoms with E-state index >= 15 is 0 Å².